The summed E-state index contributed by atoms with van der Waals surface area (Å²) in [7, 11) is 0. The number of unbranched alkanes of at least 4 members (excludes halogenated alkanes) is 4. The van der Waals surface area contributed by atoms with E-state index in [9.17, 15) is 10.2 Å². The van der Waals surface area contributed by atoms with Crippen molar-refractivity contribution in [2.24, 2.45) is 0 Å². The molecule has 0 unspecified atom stereocenters. The summed E-state index contributed by atoms with van der Waals surface area (Å²) in [6.45, 7) is 6.46. The molecule has 21 heavy (non-hydrogen) atoms. The Bertz CT molecular complexity index is 411. The number of aromatic hydroxyl groups is 2. The van der Waals surface area contributed by atoms with Crippen LogP contribution >= 0.6 is 0 Å². The van der Waals surface area contributed by atoms with E-state index < -0.39 is 0 Å². The van der Waals surface area contributed by atoms with Gasteiger partial charge in [0.2, 0.25) is 5.75 Å². The van der Waals surface area contributed by atoms with Crippen molar-refractivity contribution in [2.75, 3.05) is 0 Å². The monoisotopic (exact) mass is 294 g/mol. The summed E-state index contributed by atoms with van der Waals surface area (Å²) in [6.07, 6.45) is 8.96. The third-order valence-electron chi connectivity index (χ3n) is 4.33. The van der Waals surface area contributed by atoms with E-state index in [1.54, 1.807) is 12.1 Å². The summed E-state index contributed by atoms with van der Waals surface area (Å²) < 4.78 is 6.11. The van der Waals surface area contributed by atoms with Gasteiger partial charge in [0.15, 0.2) is 11.5 Å². The molecule has 0 fully saturated rings. The van der Waals surface area contributed by atoms with Gasteiger partial charge < -0.3 is 14.9 Å². The Labute approximate surface area is 129 Å². The van der Waals surface area contributed by atoms with E-state index in [2.05, 4.69) is 20.8 Å². The second kappa shape index (κ2) is 8.81. The Morgan fingerprint density at radius 3 is 2.24 bits per heavy atom. The molecule has 3 heteroatoms. The van der Waals surface area contributed by atoms with Crippen LogP contribution in [0.3, 0.4) is 0 Å². The summed E-state index contributed by atoms with van der Waals surface area (Å²) in [5.74, 6) is 0.0959. The summed E-state index contributed by atoms with van der Waals surface area (Å²) in [5.41, 5.74) is -0.252. The highest BCUT2D eigenvalue weighted by Crippen LogP contribution is 2.39. The van der Waals surface area contributed by atoms with Gasteiger partial charge in [-0.3, -0.25) is 0 Å². The normalized spacial score (nSPS) is 11.6. The van der Waals surface area contributed by atoms with Crippen molar-refractivity contribution in [3.63, 3.8) is 0 Å². The van der Waals surface area contributed by atoms with E-state index in [1.807, 2.05) is 0 Å². The van der Waals surface area contributed by atoms with Crippen LogP contribution in [0.5, 0.6) is 17.2 Å². The SMILES string of the molecule is CCCCCCCC(CC)(CC)Oc1cccc(O)c1O. The molecule has 0 bridgehead atoms. The molecule has 0 aliphatic carbocycles. The standard InChI is InChI=1S/C18H30O3/c1-4-7-8-9-10-14-18(5-2,6-3)21-16-13-11-12-15(19)17(16)20/h11-13,19-20H,4-10,14H2,1-3H3. The van der Waals surface area contributed by atoms with Gasteiger partial charge >= 0.3 is 0 Å². The van der Waals surface area contributed by atoms with Crippen LogP contribution in [0, 0.1) is 0 Å². The van der Waals surface area contributed by atoms with Gasteiger partial charge in [-0.15, -0.1) is 0 Å². The zero-order chi connectivity index (χ0) is 15.7. The fourth-order valence-electron chi connectivity index (χ4n) is 2.68. The number of benzene rings is 1. The van der Waals surface area contributed by atoms with Crippen LogP contribution < -0.4 is 4.74 Å². The van der Waals surface area contributed by atoms with Gasteiger partial charge in [0, 0.05) is 0 Å². The van der Waals surface area contributed by atoms with Crippen LogP contribution in [0.15, 0.2) is 18.2 Å². The van der Waals surface area contributed by atoms with Crippen molar-refractivity contribution in [1.82, 2.24) is 0 Å². The topological polar surface area (TPSA) is 49.7 Å². The van der Waals surface area contributed by atoms with Crippen molar-refractivity contribution < 1.29 is 14.9 Å². The van der Waals surface area contributed by atoms with E-state index >= 15 is 0 Å². The number of phenols is 2. The van der Waals surface area contributed by atoms with E-state index in [0.717, 1.165) is 25.7 Å². The zero-order valence-electron chi connectivity index (χ0n) is 13.7. The molecule has 1 aromatic rings. The lowest BCUT2D eigenvalue weighted by Crippen LogP contribution is -2.34. The Kier molecular flexibility index (Phi) is 7.41. The van der Waals surface area contributed by atoms with Gasteiger partial charge in [-0.1, -0.05) is 52.5 Å². The first kappa shape index (κ1) is 17.7. The van der Waals surface area contributed by atoms with E-state index in [4.69, 9.17) is 4.74 Å². The van der Waals surface area contributed by atoms with Crippen LogP contribution in [0.4, 0.5) is 0 Å². The van der Waals surface area contributed by atoms with Crippen LogP contribution in [-0.4, -0.2) is 15.8 Å². The molecule has 0 heterocycles. The van der Waals surface area contributed by atoms with Gasteiger partial charge in [0.1, 0.15) is 5.60 Å². The van der Waals surface area contributed by atoms with Gasteiger partial charge in [-0.2, -0.15) is 0 Å². The third-order valence-corrected chi connectivity index (χ3v) is 4.33. The maximum Gasteiger partial charge on any atom is 0.200 e. The molecule has 1 rings (SSSR count). The van der Waals surface area contributed by atoms with Crippen LogP contribution in [0.25, 0.3) is 0 Å². The smallest absolute Gasteiger partial charge is 0.200 e. The highest BCUT2D eigenvalue weighted by Gasteiger charge is 2.29. The molecule has 1 aromatic carbocycles. The Morgan fingerprint density at radius 1 is 0.952 bits per heavy atom. The first-order valence-electron chi connectivity index (χ1n) is 8.28. The van der Waals surface area contributed by atoms with Crippen molar-refractivity contribution >= 4 is 0 Å². The lowest BCUT2D eigenvalue weighted by Gasteiger charge is -2.33. The minimum absolute atomic E-state index is 0.128. The minimum atomic E-state index is -0.252. The number of phenolic OH excluding ortho intramolecular Hbond substituents is 2. The molecule has 3 nitrogen and oxygen atoms in total. The van der Waals surface area contributed by atoms with Gasteiger partial charge in [-0.05, 0) is 37.8 Å². The lowest BCUT2D eigenvalue weighted by atomic mass is 9.90. The number of hydrogen-bond acceptors (Lipinski definition) is 3. The summed E-state index contributed by atoms with van der Waals surface area (Å²) in [6, 6.07) is 4.88. The van der Waals surface area contributed by atoms with E-state index in [0.29, 0.717) is 5.75 Å². The summed E-state index contributed by atoms with van der Waals surface area (Å²) in [4.78, 5) is 0. The molecule has 0 saturated heterocycles. The largest absolute Gasteiger partial charge is 0.504 e. The van der Waals surface area contributed by atoms with E-state index in [-0.39, 0.29) is 17.1 Å². The summed E-state index contributed by atoms with van der Waals surface area (Å²) >= 11 is 0. The highest BCUT2D eigenvalue weighted by atomic mass is 16.5. The molecular weight excluding hydrogens is 264 g/mol. The molecule has 2 N–H and O–H groups in total. The Hall–Kier alpha value is -1.38. The van der Waals surface area contributed by atoms with Gasteiger partial charge in [-0.25, -0.2) is 0 Å². The van der Waals surface area contributed by atoms with Crippen molar-refractivity contribution in [1.29, 1.82) is 0 Å². The van der Waals surface area contributed by atoms with Crippen molar-refractivity contribution in [2.45, 2.75) is 77.7 Å². The minimum Gasteiger partial charge on any atom is -0.504 e. The molecule has 0 aliphatic rings. The first-order valence-corrected chi connectivity index (χ1v) is 8.28. The van der Waals surface area contributed by atoms with Gasteiger partial charge in [0.25, 0.3) is 0 Å². The second-order valence-electron chi connectivity index (χ2n) is 5.78. The molecule has 0 aliphatic heterocycles. The molecule has 0 radical (unpaired) electrons. The fourth-order valence-corrected chi connectivity index (χ4v) is 2.68. The van der Waals surface area contributed by atoms with Gasteiger partial charge in [0.05, 0.1) is 0 Å². The molecule has 0 saturated carbocycles. The van der Waals surface area contributed by atoms with Crippen molar-refractivity contribution in [3.05, 3.63) is 18.2 Å². The zero-order valence-corrected chi connectivity index (χ0v) is 13.7. The van der Waals surface area contributed by atoms with E-state index in [1.165, 1.54) is 31.7 Å². The molecule has 0 amide bonds. The average Bonchev–Trinajstić information content (AvgIpc) is 2.50. The number of hydrogen-bond donors (Lipinski definition) is 2. The molecule has 0 spiro atoms. The predicted octanol–water partition coefficient (Wildman–Crippen LogP) is 5.40. The maximum atomic E-state index is 9.92. The summed E-state index contributed by atoms with van der Waals surface area (Å²) in [5, 5.41) is 19.5. The highest BCUT2D eigenvalue weighted by molar-refractivity contribution is 5.49. The second-order valence-corrected chi connectivity index (χ2v) is 5.78. The van der Waals surface area contributed by atoms with Crippen LogP contribution in [0.1, 0.15) is 72.1 Å². The maximum absolute atomic E-state index is 9.92. The van der Waals surface area contributed by atoms with Crippen LogP contribution in [-0.2, 0) is 0 Å². The predicted molar refractivity (Wildman–Crippen MR) is 87.1 cm³/mol. The average molecular weight is 294 g/mol. The Balaban J connectivity index is 2.68. The van der Waals surface area contributed by atoms with Crippen LogP contribution in [0.2, 0.25) is 0 Å². The quantitative estimate of drug-likeness (QED) is 0.449. The molecule has 0 aromatic heterocycles. The van der Waals surface area contributed by atoms with Crippen molar-refractivity contribution in [3.8, 4) is 17.2 Å². The molecule has 120 valence electrons. The fraction of sp³-hybridized carbons (Fsp3) is 0.667. The number of ether oxygens (including phenoxy) is 1. The first-order chi connectivity index (χ1) is 10.1. The Morgan fingerprint density at radius 2 is 1.62 bits per heavy atom. The number of para-hydroxylation sites is 1. The molecule has 0 atom stereocenters. The lowest BCUT2D eigenvalue weighted by molar-refractivity contribution is 0.0451. The third kappa shape index (κ3) is 5.14. The molecular formula is C18H30O3. The number of rotatable bonds is 10.